The highest BCUT2D eigenvalue weighted by Crippen LogP contribution is 2.00. The SMILES string of the molecule is C=COCCOCCOCCOCCOCCOCCOCCOCCOCCOCCOC(=O)c1ccccc1. The molecule has 0 amide bonds. The van der Waals surface area contributed by atoms with Gasteiger partial charge in [-0.2, -0.15) is 0 Å². The Morgan fingerprint density at radius 3 is 1.07 bits per heavy atom. The van der Waals surface area contributed by atoms with Gasteiger partial charge in [-0.05, 0) is 12.1 Å². The van der Waals surface area contributed by atoms with Gasteiger partial charge in [0, 0.05) is 0 Å². The Labute approximate surface area is 244 Å². The molecule has 1 rings (SSSR count). The Balaban J connectivity index is 1.65. The highest BCUT2D eigenvalue weighted by atomic mass is 16.6. The van der Waals surface area contributed by atoms with Crippen LogP contribution in [-0.2, 0) is 52.1 Å². The molecule has 1 aromatic rings. The van der Waals surface area contributed by atoms with Gasteiger partial charge in [0.05, 0.1) is 131 Å². The fraction of sp³-hybridized carbons (Fsp3) is 0.690. The number of rotatable bonds is 32. The summed E-state index contributed by atoms with van der Waals surface area (Å²) in [6.07, 6.45) is 1.39. The summed E-state index contributed by atoms with van der Waals surface area (Å²) >= 11 is 0. The van der Waals surface area contributed by atoms with Crippen molar-refractivity contribution in [2.75, 3.05) is 132 Å². The van der Waals surface area contributed by atoms with E-state index in [1.54, 1.807) is 24.3 Å². The molecule has 0 bridgehead atoms. The highest BCUT2D eigenvalue weighted by Gasteiger charge is 2.05. The number of benzene rings is 1. The lowest BCUT2D eigenvalue weighted by atomic mass is 10.2. The van der Waals surface area contributed by atoms with Crippen molar-refractivity contribution < 1.29 is 56.9 Å². The lowest BCUT2D eigenvalue weighted by Gasteiger charge is -2.09. The summed E-state index contributed by atoms with van der Waals surface area (Å²) in [5.74, 6) is -0.356. The summed E-state index contributed by atoms with van der Waals surface area (Å²) < 4.78 is 58.8. The molecule has 0 N–H and O–H groups in total. The summed E-state index contributed by atoms with van der Waals surface area (Å²) in [4.78, 5) is 11.8. The molecule has 0 aliphatic rings. The fourth-order valence-corrected chi connectivity index (χ4v) is 2.90. The van der Waals surface area contributed by atoms with E-state index in [-0.39, 0.29) is 12.6 Å². The molecule has 0 unspecified atom stereocenters. The van der Waals surface area contributed by atoms with Crippen molar-refractivity contribution >= 4 is 5.97 Å². The molecular weight excluding hydrogens is 540 g/mol. The van der Waals surface area contributed by atoms with E-state index < -0.39 is 0 Å². The quantitative estimate of drug-likeness (QED) is 0.0697. The van der Waals surface area contributed by atoms with Crippen molar-refractivity contribution in [2.45, 2.75) is 0 Å². The van der Waals surface area contributed by atoms with Crippen molar-refractivity contribution in [1.29, 1.82) is 0 Å². The minimum atomic E-state index is -0.356. The Hall–Kier alpha value is -2.13. The van der Waals surface area contributed by atoms with Crippen molar-refractivity contribution in [1.82, 2.24) is 0 Å². The normalized spacial score (nSPS) is 11.0. The van der Waals surface area contributed by atoms with Crippen molar-refractivity contribution in [3.05, 3.63) is 48.7 Å². The van der Waals surface area contributed by atoms with E-state index >= 15 is 0 Å². The lowest BCUT2D eigenvalue weighted by molar-refractivity contribution is -0.0264. The summed E-state index contributed by atoms with van der Waals surface area (Å²) in [5, 5.41) is 0. The van der Waals surface area contributed by atoms with Crippen LogP contribution in [0.5, 0.6) is 0 Å². The van der Waals surface area contributed by atoms with Crippen LogP contribution < -0.4 is 0 Å². The Kier molecular flexibility index (Phi) is 27.7. The highest BCUT2D eigenvalue weighted by molar-refractivity contribution is 5.89. The third-order valence-electron chi connectivity index (χ3n) is 4.91. The minimum absolute atomic E-state index is 0.203. The van der Waals surface area contributed by atoms with Crippen LogP contribution in [0.2, 0.25) is 0 Å². The Bertz CT molecular complexity index is 692. The van der Waals surface area contributed by atoms with E-state index in [1.807, 2.05) is 6.07 Å². The van der Waals surface area contributed by atoms with E-state index in [0.29, 0.717) is 131 Å². The van der Waals surface area contributed by atoms with Gasteiger partial charge in [-0.1, -0.05) is 24.8 Å². The standard InChI is InChI=1S/C29H48O12/c1-2-31-8-9-32-10-11-33-12-13-34-14-15-35-16-17-36-18-19-37-20-21-38-22-23-39-24-25-40-26-27-41-29(30)28-6-4-3-5-7-28/h2-7H,1,8-27H2. The molecule has 0 heterocycles. The summed E-state index contributed by atoms with van der Waals surface area (Å²) in [6, 6.07) is 8.85. The van der Waals surface area contributed by atoms with Crippen LogP contribution >= 0.6 is 0 Å². The van der Waals surface area contributed by atoms with Crippen LogP contribution in [0.3, 0.4) is 0 Å². The van der Waals surface area contributed by atoms with E-state index in [1.165, 1.54) is 6.26 Å². The first-order chi connectivity index (χ1) is 20.3. The second-order valence-electron chi connectivity index (χ2n) is 8.05. The average Bonchev–Trinajstić information content (AvgIpc) is 3.00. The topological polar surface area (TPSA) is 119 Å². The van der Waals surface area contributed by atoms with Crippen molar-refractivity contribution in [3.8, 4) is 0 Å². The van der Waals surface area contributed by atoms with Gasteiger partial charge in [0.2, 0.25) is 0 Å². The first-order valence-corrected chi connectivity index (χ1v) is 14.0. The molecule has 0 aliphatic carbocycles. The maximum Gasteiger partial charge on any atom is 0.338 e. The van der Waals surface area contributed by atoms with Crippen LogP contribution in [0.15, 0.2) is 43.2 Å². The molecule has 1 aromatic carbocycles. The second kappa shape index (κ2) is 30.8. The largest absolute Gasteiger partial charge is 0.499 e. The molecule has 0 saturated carbocycles. The molecule has 0 fully saturated rings. The number of hydrogen-bond donors (Lipinski definition) is 0. The van der Waals surface area contributed by atoms with Gasteiger partial charge in [0.15, 0.2) is 0 Å². The van der Waals surface area contributed by atoms with Crippen molar-refractivity contribution in [2.24, 2.45) is 0 Å². The number of carbonyl (C=O) groups excluding carboxylic acids is 1. The minimum Gasteiger partial charge on any atom is -0.499 e. The molecule has 236 valence electrons. The smallest absolute Gasteiger partial charge is 0.338 e. The first kappa shape index (κ1) is 36.9. The van der Waals surface area contributed by atoms with E-state index in [9.17, 15) is 4.79 Å². The third kappa shape index (κ3) is 26.5. The number of ether oxygens (including phenoxy) is 11. The van der Waals surface area contributed by atoms with Crippen LogP contribution in [0.4, 0.5) is 0 Å². The second-order valence-corrected chi connectivity index (χ2v) is 8.05. The maximum atomic E-state index is 11.8. The van der Waals surface area contributed by atoms with Gasteiger partial charge in [-0.25, -0.2) is 4.79 Å². The molecular formula is C29H48O12. The predicted molar refractivity (Wildman–Crippen MR) is 150 cm³/mol. The third-order valence-corrected chi connectivity index (χ3v) is 4.91. The Morgan fingerprint density at radius 2 is 0.756 bits per heavy atom. The molecule has 0 aliphatic heterocycles. The average molecular weight is 589 g/mol. The zero-order valence-electron chi connectivity index (χ0n) is 24.2. The lowest BCUT2D eigenvalue weighted by Crippen LogP contribution is -2.15. The molecule has 0 atom stereocenters. The molecule has 0 saturated heterocycles. The van der Waals surface area contributed by atoms with Gasteiger partial charge in [0.25, 0.3) is 0 Å². The Morgan fingerprint density at radius 1 is 0.463 bits per heavy atom. The summed E-state index contributed by atoms with van der Waals surface area (Å²) in [6.45, 7) is 12.9. The predicted octanol–water partition coefficient (Wildman–Crippen LogP) is 2.15. The van der Waals surface area contributed by atoms with Gasteiger partial charge in [-0.15, -0.1) is 0 Å². The first-order valence-electron chi connectivity index (χ1n) is 14.0. The fourth-order valence-electron chi connectivity index (χ4n) is 2.90. The monoisotopic (exact) mass is 588 g/mol. The zero-order valence-corrected chi connectivity index (χ0v) is 24.2. The molecule has 41 heavy (non-hydrogen) atoms. The molecule has 0 radical (unpaired) electrons. The van der Waals surface area contributed by atoms with Crippen LogP contribution in [0.1, 0.15) is 10.4 Å². The van der Waals surface area contributed by atoms with E-state index in [2.05, 4.69) is 6.58 Å². The van der Waals surface area contributed by atoms with Gasteiger partial charge < -0.3 is 52.1 Å². The number of esters is 1. The maximum absolute atomic E-state index is 11.8. The van der Waals surface area contributed by atoms with E-state index in [4.69, 9.17) is 52.1 Å². The van der Waals surface area contributed by atoms with Gasteiger partial charge in [0.1, 0.15) is 13.2 Å². The van der Waals surface area contributed by atoms with Crippen LogP contribution in [0, 0.1) is 0 Å². The van der Waals surface area contributed by atoms with E-state index in [0.717, 1.165) is 0 Å². The summed E-state index contributed by atoms with van der Waals surface area (Å²) in [5.41, 5.74) is 0.526. The molecule has 0 aromatic heterocycles. The molecule has 0 spiro atoms. The number of carbonyl (C=O) groups is 1. The van der Waals surface area contributed by atoms with Crippen molar-refractivity contribution in [3.63, 3.8) is 0 Å². The van der Waals surface area contributed by atoms with Crippen LogP contribution in [0.25, 0.3) is 0 Å². The summed E-state index contributed by atoms with van der Waals surface area (Å²) in [7, 11) is 0. The number of hydrogen-bond acceptors (Lipinski definition) is 12. The zero-order chi connectivity index (χ0) is 29.3. The van der Waals surface area contributed by atoms with Gasteiger partial charge in [-0.3, -0.25) is 0 Å². The van der Waals surface area contributed by atoms with Crippen LogP contribution in [-0.4, -0.2) is 138 Å². The molecule has 12 heteroatoms. The molecule has 12 nitrogen and oxygen atoms in total. The van der Waals surface area contributed by atoms with Gasteiger partial charge >= 0.3 is 5.97 Å².